The monoisotopic (exact) mass is 256 g/mol. The van der Waals surface area contributed by atoms with Crippen molar-refractivity contribution < 1.29 is 0 Å². The molecule has 2 rings (SSSR count). The molecule has 0 saturated heterocycles. The molecule has 0 bridgehead atoms. The Morgan fingerprint density at radius 3 is 2.47 bits per heavy atom. The zero-order chi connectivity index (χ0) is 13.7. The molecule has 102 valence electrons. The Labute approximate surface area is 116 Å². The van der Waals surface area contributed by atoms with Crippen molar-refractivity contribution in [2.45, 2.75) is 39.3 Å². The average molecular weight is 256 g/mol. The quantitative estimate of drug-likeness (QED) is 0.836. The number of benzene rings is 1. The zero-order valence-corrected chi connectivity index (χ0v) is 12.2. The summed E-state index contributed by atoms with van der Waals surface area (Å²) in [6, 6.07) is 15.0. The normalized spacial score (nSPS) is 11.7. The van der Waals surface area contributed by atoms with Gasteiger partial charge in [-0.25, -0.2) is 0 Å². The second kappa shape index (κ2) is 6.07. The van der Waals surface area contributed by atoms with Crippen LogP contribution in [0.4, 0.5) is 0 Å². The minimum Gasteiger partial charge on any atom is -0.351 e. The van der Waals surface area contributed by atoms with E-state index in [-0.39, 0.29) is 5.41 Å². The van der Waals surface area contributed by atoms with Gasteiger partial charge in [0.15, 0.2) is 0 Å². The van der Waals surface area contributed by atoms with Gasteiger partial charge in [0.2, 0.25) is 0 Å². The van der Waals surface area contributed by atoms with E-state index in [1.807, 2.05) is 0 Å². The summed E-state index contributed by atoms with van der Waals surface area (Å²) in [7, 11) is 0. The largest absolute Gasteiger partial charge is 0.351 e. The number of nitrogens with zero attached hydrogens (tertiary/aromatic N) is 1. The van der Waals surface area contributed by atoms with E-state index in [9.17, 15) is 0 Å². The number of aryl methyl sites for hydroxylation is 1. The van der Waals surface area contributed by atoms with Crippen LogP contribution in [0.5, 0.6) is 0 Å². The van der Waals surface area contributed by atoms with Gasteiger partial charge in [0.25, 0.3) is 0 Å². The molecule has 19 heavy (non-hydrogen) atoms. The van der Waals surface area contributed by atoms with Crippen LogP contribution in [0.3, 0.4) is 0 Å². The molecular formula is C17H24N2. The molecule has 2 heteroatoms. The lowest BCUT2D eigenvalue weighted by molar-refractivity contribution is 0.463. The van der Waals surface area contributed by atoms with Gasteiger partial charge in [-0.1, -0.05) is 44.2 Å². The summed E-state index contributed by atoms with van der Waals surface area (Å²) in [5.74, 6) is 0. The molecule has 0 aliphatic heterocycles. The van der Waals surface area contributed by atoms with Gasteiger partial charge in [-0.2, -0.15) is 0 Å². The molecule has 1 heterocycles. The molecule has 1 N–H and O–H groups in total. The highest BCUT2D eigenvalue weighted by atomic mass is 15.0. The van der Waals surface area contributed by atoms with E-state index in [1.165, 1.54) is 11.3 Å². The third-order valence-electron chi connectivity index (χ3n) is 3.69. The van der Waals surface area contributed by atoms with Crippen LogP contribution in [0.15, 0.2) is 48.7 Å². The van der Waals surface area contributed by atoms with Crippen LogP contribution in [0.25, 0.3) is 0 Å². The van der Waals surface area contributed by atoms with Crippen molar-refractivity contribution in [3.8, 4) is 0 Å². The predicted molar refractivity (Wildman–Crippen MR) is 81.3 cm³/mol. The summed E-state index contributed by atoms with van der Waals surface area (Å²) >= 11 is 0. The van der Waals surface area contributed by atoms with Gasteiger partial charge < -0.3 is 9.88 Å². The van der Waals surface area contributed by atoms with E-state index < -0.39 is 0 Å². The molecule has 0 spiro atoms. The van der Waals surface area contributed by atoms with Gasteiger partial charge in [-0.05, 0) is 24.6 Å². The van der Waals surface area contributed by atoms with Crippen molar-refractivity contribution in [2.24, 2.45) is 0 Å². The summed E-state index contributed by atoms with van der Waals surface area (Å²) in [6.07, 6.45) is 2.14. The molecule has 0 aliphatic rings. The minimum absolute atomic E-state index is 0.158. The van der Waals surface area contributed by atoms with Crippen LogP contribution in [0, 0.1) is 0 Å². The molecule has 0 fully saturated rings. The Hall–Kier alpha value is -1.54. The Bertz CT molecular complexity index is 497. The smallest absolute Gasteiger partial charge is 0.0359 e. The summed E-state index contributed by atoms with van der Waals surface area (Å²) in [4.78, 5) is 0. The van der Waals surface area contributed by atoms with Crippen molar-refractivity contribution in [1.29, 1.82) is 0 Å². The molecule has 0 radical (unpaired) electrons. The summed E-state index contributed by atoms with van der Waals surface area (Å²) < 4.78 is 2.28. The number of hydrogen-bond donors (Lipinski definition) is 1. The van der Waals surface area contributed by atoms with Crippen molar-refractivity contribution in [3.63, 3.8) is 0 Å². The molecule has 0 atom stereocenters. The number of hydrogen-bond acceptors (Lipinski definition) is 1. The van der Waals surface area contributed by atoms with Crippen LogP contribution in [-0.2, 0) is 18.5 Å². The maximum absolute atomic E-state index is 3.58. The van der Waals surface area contributed by atoms with Crippen LogP contribution in [-0.4, -0.2) is 11.1 Å². The van der Waals surface area contributed by atoms with E-state index in [1.54, 1.807) is 0 Å². The topological polar surface area (TPSA) is 17.0 Å². The molecule has 1 aromatic heterocycles. The highest BCUT2D eigenvalue weighted by Gasteiger charge is 2.19. The van der Waals surface area contributed by atoms with Gasteiger partial charge in [0.05, 0.1) is 0 Å². The van der Waals surface area contributed by atoms with E-state index in [2.05, 4.69) is 79.3 Å². The summed E-state index contributed by atoms with van der Waals surface area (Å²) in [5, 5.41) is 3.58. The van der Waals surface area contributed by atoms with Crippen molar-refractivity contribution >= 4 is 0 Å². The van der Waals surface area contributed by atoms with E-state index in [4.69, 9.17) is 0 Å². The van der Waals surface area contributed by atoms with Crippen LogP contribution in [0.1, 0.15) is 32.0 Å². The Morgan fingerprint density at radius 1 is 1.05 bits per heavy atom. The Balaban J connectivity index is 1.92. The lowest BCUT2D eigenvalue weighted by atomic mass is 9.84. The Morgan fingerprint density at radius 2 is 1.79 bits per heavy atom. The maximum Gasteiger partial charge on any atom is 0.0359 e. The second-order valence-electron chi connectivity index (χ2n) is 5.64. The average Bonchev–Trinajstić information content (AvgIpc) is 2.87. The van der Waals surface area contributed by atoms with Gasteiger partial charge in [-0.15, -0.1) is 0 Å². The van der Waals surface area contributed by atoms with Gasteiger partial charge in [0, 0.05) is 36.9 Å². The molecule has 0 amide bonds. The molecular weight excluding hydrogens is 232 g/mol. The molecule has 2 aromatic rings. The first kappa shape index (κ1) is 13.9. The summed E-state index contributed by atoms with van der Waals surface area (Å²) in [6.45, 7) is 9.69. The third-order valence-corrected chi connectivity index (χ3v) is 3.69. The van der Waals surface area contributed by atoms with Gasteiger partial charge >= 0.3 is 0 Å². The third kappa shape index (κ3) is 3.48. The van der Waals surface area contributed by atoms with Crippen LogP contribution >= 0.6 is 0 Å². The SMILES string of the molecule is CCn1cccc1CNCC(C)(C)c1ccccc1. The fraction of sp³-hybridized carbons (Fsp3) is 0.412. The van der Waals surface area contributed by atoms with Crippen LogP contribution in [0.2, 0.25) is 0 Å². The lowest BCUT2D eigenvalue weighted by Gasteiger charge is -2.26. The van der Waals surface area contributed by atoms with E-state index in [0.29, 0.717) is 0 Å². The van der Waals surface area contributed by atoms with Crippen molar-refractivity contribution in [3.05, 3.63) is 59.9 Å². The van der Waals surface area contributed by atoms with Crippen LogP contribution < -0.4 is 5.32 Å². The fourth-order valence-electron chi connectivity index (χ4n) is 2.41. The first-order valence-electron chi connectivity index (χ1n) is 7.04. The number of aromatic nitrogens is 1. The van der Waals surface area contributed by atoms with E-state index in [0.717, 1.165) is 19.6 Å². The van der Waals surface area contributed by atoms with E-state index >= 15 is 0 Å². The standard InChI is InChI=1S/C17H24N2/c1-4-19-12-8-11-16(19)13-18-14-17(2,3)15-9-6-5-7-10-15/h5-12,18H,4,13-14H2,1-3H3. The lowest BCUT2D eigenvalue weighted by Crippen LogP contribution is -2.33. The number of rotatable bonds is 6. The Kier molecular flexibility index (Phi) is 4.43. The number of nitrogens with one attached hydrogen (secondary N) is 1. The molecule has 0 aliphatic carbocycles. The minimum atomic E-state index is 0.158. The zero-order valence-electron chi connectivity index (χ0n) is 12.2. The highest BCUT2D eigenvalue weighted by Crippen LogP contribution is 2.21. The molecule has 0 unspecified atom stereocenters. The maximum atomic E-state index is 3.58. The van der Waals surface area contributed by atoms with Crippen molar-refractivity contribution in [2.75, 3.05) is 6.54 Å². The van der Waals surface area contributed by atoms with Gasteiger partial charge in [0.1, 0.15) is 0 Å². The first-order valence-corrected chi connectivity index (χ1v) is 7.04. The second-order valence-corrected chi connectivity index (χ2v) is 5.64. The first-order chi connectivity index (χ1) is 9.13. The molecule has 1 aromatic carbocycles. The fourth-order valence-corrected chi connectivity index (χ4v) is 2.41. The summed E-state index contributed by atoms with van der Waals surface area (Å²) in [5.41, 5.74) is 2.89. The molecule has 0 saturated carbocycles. The van der Waals surface area contributed by atoms with Gasteiger partial charge in [-0.3, -0.25) is 0 Å². The predicted octanol–water partition coefficient (Wildman–Crippen LogP) is 3.58. The molecule has 2 nitrogen and oxygen atoms in total. The van der Waals surface area contributed by atoms with Crippen molar-refractivity contribution in [1.82, 2.24) is 9.88 Å². The highest BCUT2D eigenvalue weighted by molar-refractivity contribution is 5.23.